The van der Waals surface area contributed by atoms with Crippen LogP contribution in [0.3, 0.4) is 0 Å². The molecule has 0 saturated heterocycles. The topological polar surface area (TPSA) is 88.1 Å². The fraction of sp³-hybridized carbons (Fsp3) is 0.471. The molecule has 0 aromatic heterocycles. The maximum absolute atomic E-state index is 12.7. The van der Waals surface area contributed by atoms with Gasteiger partial charge in [-0.2, -0.15) is 0 Å². The summed E-state index contributed by atoms with van der Waals surface area (Å²) >= 11 is 0. The van der Waals surface area contributed by atoms with Gasteiger partial charge in [-0.15, -0.1) is 0 Å². The molecule has 130 valence electrons. The Balaban J connectivity index is 2.58. The van der Waals surface area contributed by atoms with Crippen molar-refractivity contribution in [2.24, 2.45) is 5.92 Å². The summed E-state index contributed by atoms with van der Waals surface area (Å²) in [6.45, 7) is 3.54. The highest BCUT2D eigenvalue weighted by atomic mass is 16.5. The summed E-state index contributed by atoms with van der Waals surface area (Å²) in [5, 5.41) is 0. The zero-order chi connectivity index (χ0) is 17.9. The van der Waals surface area contributed by atoms with Crippen molar-refractivity contribution in [1.29, 1.82) is 0 Å². The first-order valence-electron chi connectivity index (χ1n) is 7.63. The third kappa shape index (κ3) is 2.93. The number of Topliss-reactive ketones (excluding diaryl/α,β-unsaturated/α-hetero) is 1. The molecule has 0 heterocycles. The molecule has 1 aromatic carbocycles. The Kier molecular flexibility index (Phi) is 5.43. The van der Waals surface area contributed by atoms with Crippen LogP contribution < -0.4 is 9.47 Å². The first-order valence-corrected chi connectivity index (χ1v) is 7.63. The molecule has 7 heteroatoms. The summed E-state index contributed by atoms with van der Waals surface area (Å²) in [6, 6.07) is 3.01. The average Bonchev–Trinajstić information content (AvgIpc) is 2.86. The first-order chi connectivity index (χ1) is 11.5. The van der Waals surface area contributed by atoms with Gasteiger partial charge in [-0.05, 0) is 31.5 Å². The highest BCUT2D eigenvalue weighted by Gasteiger charge is 2.50. The number of benzene rings is 1. The van der Waals surface area contributed by atoms with Crippen LogP contribution in [0.5, 0.6) is 11.5 Å². The van der Waals surface area contributed by atoms with Crippen molar-refractivity contribution in [3.8, 4) is 11.5 Å². The maximum Gasteiger partial charge on any atom is 0.318 e. The first kappa shape index (κ1) is 17.8. The second kappa shape index (κ2) is 7.33. The van der Waals surface area contributed by atoms with Gasteiger partial charge in [0.05, 0.1) is 27.4 Å². The zero-order valence-corrected chi connectivity index (χ0v) is 14.1. The summed E-state index contributed by atoms with van der Waals surface area (Å²) in [6.07, 6.45) is 0. The van der Waals surface area contributed by atoms with Crippen LogP contribution in [0.15, 0.2) is 12.1 Å². The molecule has 0 amide bonds. The second-order valence-electron chi connectivity index (χ2n) is 5.12. The smallest absolute Gasteiger partial charge is 0.318 e. The Morgan fingerprint density at radius 3 is 1.92 bits per heavy atom. The Morgan fingerprint density at radius 2 is 1.42 bits per heavy atom. The number of rotatable bonds is 6. The van der Waals surface area contributed by atoms with Crippen molar-refractivity contribution in [2.75, 3.05) is 27.4 Å². The molecule has 1 aliphatic carbocycles. The van der Waals surface area contributed by atoms with Crippen LogP contribution in [0.4, 0.5) is 0 Å². The van der Waals surface area contributed by atoms with Gasteiger partial charge in [0.15, 0.2) is 17.3 Å². The summed E-state index contributed by atoms with van der Waals surface area (Å²) in [5.41, 5.74) is 0.623. The van der Waals surface area contributed by atoms with Crippen LogP contribution in [-0.2, 0) is 19.1 Å². The van der Waals surface area contributed by atoms with Crippen molar-refractivity contribution < 1.29 is 33.3 Å². The van der Waals surface area contributed by atoms with Crippen LogP contribution >= 0.6 is 0 Å². The number of hydrogen-bond donors (Lipinski definition) is 0. The predicted molar refractivity (Wildman–Crippen MR) is 83.4 cm³/mol. The van der Waals surface area contributed by atoms with Gasteiger partial charge in [0.25, 0.3) is 0 Å². The van der Waals surface area contributed by atoms with Gasteiger partial charge in [-0.3, -0.25) is 14.4 Å². The van der Waals surface area contributed by atoms with Crippen LogP contribution in [0.25, 0.3) is 0 Å². The molecule has 24 heavy (non-hydrogen) atoms. The van der Waals surface area contributed by atoms with E-state index in [2.05, 4.69) is 0 Å². The summed E-state index contributed by atoms with van der Waals surface area (Å²) < 4.78 is 20.4. The number of ketones is 1. The molecule has 7 nitrogen and oxygen atoms in total. The summed E-state index contributed by atoms with van der Waals surface area (Å²) in [5.74, 6) is -3.46. The van der Waals surface area contributed by atoms with Crippen molar-refractivity contribution in [3.05, 3.63) is 23.3 Å². The molecule has 0 spiro atoms. The fourth-order valence-electron chi connectivity index (χ4n) is 2.83. The van der Waals surface area contributed by atoms with Crippen molar-refractivity contribution in [1.82, 2.24) is 0 Å². The molecular weight excluding hydrogens is 316 g/mol. The Morgan fingerprint density at radius 1 is 0.917 bits per heavy atom. The molecule has 0 aliphatic heterocycles. The number of carbonyl (C=O) groups is 3. The lowest BCUT2D eigenvalue weighted by Crippen LogP contribution is -2.31. The van der Waals surface area contributed by atoms with E-state index in [4.69, 9.17) is 18.9 Å². The lowest BCUT2D eigenvalue weighted by Gasteiger charge is -2.17. The van der Waals surface area contributed by atoms with Crippen LogP contribution in [0, 0.1) is 5.92 Å². The van der Waals surface area contributed by atoms with E-state index in [1.54, 1.807) is 13.8 Å². The van der Waals surface area contributed by atoms with Gasteiger partial charge in [0.1, 0.15) is 11.8 Å². The van der Waals surface area contributed by atoms with Crippen molar-refractivity contribution >= 4 is 17.7 Å². The Bertz CT molecular complexity index is 665. The normalized spacial score (nSPS) is 18.8. The second-order valence-corrected chi connectivity index (χ2v) is 5.12. The molecule has 2 rings (SSSR count). The molecular formula is C17H20O7. The maximum atomic E-state index is 12.7. The van der Waals surface area contributed by atoms with Gasteiger partial charge >= 0.3 is 11.9 Å². The molecule has 0 saturated carbocycles. The predicted octanol–water partition coefficient (Wildman–Crippen LogP) is 1.73. The van der Waals surface area contributed by atoms with E-state index in [1.807, 2.05) is 0 Å². The lowest BCUT2D eigenvalue weighted by molar-refractivity contribution is -0.154. The van der Waals surface area contributed by atoms with Crippen LogP contribution in [-0.4, -0.2) is 45.2 Å². The molecule has 1 aromatic rings. The number of hydrogen-bond acceptors (Lipinski definition) is 7. The molecule has 0 radical (unpaired) electrons. The minimum atomic E-state index is -1.25. The Hall–Kier alpha value is -2.57. The van der Waals surface area contributed by atoms with E-state index in [0.29, 0.717) is 17.1 Å². The third-order valence-corrected chi connectivity index (χ3v) is 3.85. The molecule has 1 aliphatic rings. The quantitative estimate of drug-likeness (QED) is 0.577. The van der Waals surface area contributed by atoms with Crippen molar-refractivity contribution in [3.63, 3.8) is 0 Å². The number of fused-ring (bicyclic) bond motifs is 1. The molecule has 0 bridgehead atoms. The van der Waals surface area contributed by atoms with Crippen molar-refractivity contribution in [2.45, 2.75) is 19.8 Å². The van der Waals surface area contributed by atoms with Gasteiger partial charge in [0.2, 0.25) is 0 Å². The van der Waals surface area contributed by atoms with E-state index in [1.165, 1.54) is 26.4 Å². The minimum absolute atomic E-state index is 0.112. The van der Waals surface area contributed by atoms with Gasteiger partial charge in [0, 0.05) is 5.56 Å². The number of carbonyl (C=O) groups excluding carboxylic acids is 3. The summed E-state index contributed by atoms with van der Waals surface area (Å²) in [7, 11) is 2.89. The number of esters is 2. The van der Waals surface area contributed by atoms with E-state index in [-0.39, 0.29) is 18.8 Å². The van der Waals surface area contributed by atoms with E-state index < -0.39 is 29.6 Å². The largest absolute Gasteiger partial charge is 0.493 e. The van der Waals surface area contributed by atoms with Crippen LogP contribution in [0.2, 0.25) is 0 Å². The van der Waals surface area contributed by atoms with Crippen LogP contribution in [0.1, 0.15) is 35.7 Å². The average molecular weight is 336 g/mol. The lowest BCUT2D eigenvalue weighted by atomic mass is 9.92. The zero-order valence-electron chi connectivity index (χ0n) is 14.1. The highest BCUT2D eigenvalue weighted by molar-refractivity contribution is 6.17. The fourth-order valence-corrected chi connectivity index (χ4v) is 2.83. The van der Waals surface area contributed by atoms with Gasteiger partial charge in [-0.25, -0.2) is 0 Å². The van der Waals surface area contributed by atoms with Gasteiger partial charge < -0.3 is 18.9 Å². The minimum Gasteiger partial charge on any atom is -0.493 e. The molecule has 2 atom stereocenters. The van der Waals surface area contributed by atoms with E-state index in [9.17, 15) is 14.4 Å². The Labute approximate surface area is 139 Å². The third-order valence-electron chi connectivity index (χ3n) is 3.85. The van der Waals surface area contributed by atoms with E-state index in [0.717, 1.165) is 0 Å². The SMILES string of the molecule is CCOC(=O)[C@@H]1C(=O)c2cc(OC)c(OC)cc2[C@H]1C(=O)OCC. The molecule has 0 N–H and O–H groups in total. The monoisotopic (exact) mass is 336 g/mol. The number of methoxy groups -OCH3 is 2. The number of ether oxygens (including phenoxy) is 4. The van der Waals surface area contributed by atoms with Gasteiger partial charge in [-0.1, -0.05) is 0 Å². The highest BCUT2D eigenvalue weighted by Crippen LogP contribution is 2.44. The standard InChI is InChI=1S/C17H20O7/c1-5-23-16(19)13-9-7-11(21-3)12(22-4)8-10(9)15(18)14(13)17(20)24-6-2/h7-8,13-14H,5-6H2,1-4H3/t13-,14+/m1/s1. The van der Waals surface area contributed by atoms with E-state index >= 15 is 0 Å². The summed E-state index contributed by atoms with van der Waals surface area (Å²) in [4.78, 5) is 37.3. The molecule has 0 fully saturated rings. The molecule has 0 unspecified atom stereocenters.